The quantitative estimate of drug-likeness (QED) is 0.0632. The molecule has 0 spiro atoms. The van der Waals surface area contributed by atoms with Crippen LogP contribution < -0.4 is 0 Å². The summed E-state index contributed by atoms with van der Waals surface area (Å²) in [5.41, 5.74) is -1.38. The minimum absolute atomic E-state index is 0.0189. The van der Waals surface area contributed by atoms with Crippen LogP contribution in [0.1, 0.15) is 28.8 Å². The summed E-state index contributed by atoms with van der Waals surface area (Å²) in [7, 11) is 0. The number of carbonyl (C=O) groups excluding carboxylic acids is 1. The van der Waals surface area contributed by atoms with E-state index in [1.165, 1.54) is 24.3 Å². The van der Waals surface area contributed by atoms with E-state index in [-0.39, 0.29) is 25.2 Å². The number of thiocarbonyl (C=S) groups is 1. The molecule has 13 nitrogen and oxygen atoms in total. The van der Waals surface area contributed by atoms with Gasteiger partial charge < -0.3 is 59.4 Å². The Labute approximate surface area is 269 Å². The summed E-state index contributed by atoms with van der Waals surface area (Å²) in [4.78, 5) is 14.0. The van der Waals surface area contributed by atoms with Gasteiger partial charge in [0.25, 0.3) is 0 Å². The van der Waals surface area contributed by atoms with Crippen LogP contribution in [0.25, 0.3) is 0 Å². The molecule has 7 N–H and O–H groups in total. The monoisotopic (exact) mass is 672 g/mol. The molecule has 0 aromatic heterocycles. The van der Waals surface area contributed by atoms with E-state index < -0.39 is 80.1 Å². The largest absolute Gasteiger partial charge is 0.447 e. The van der Waals surface area contributed by atoms with Crippen molar-refractivity contribution in [1.29, 1.82) is 0 Å². The lowest BCUT2D eigenvalue weighted by Crippen LogP contribution is -2.71. The standard InChI is InChI=1S/C30H37ClO13S/c31-18-8-6-17(7-9-18)27(38)44-30(11-13-40-12-10-21(45)16-4-2-1-3-5-16)26(23(35)20(15-33)42-29(30)39)43-28-25(37)24(36)22(34)19(14-32)41-28/h1-9,19-20,22-26,28-29,32-37,39H,10-15H2/t19-,20-,22+,23+,24+,25-,26+,28?,29?,30-/m1/s1. The van der Waals surface area contributed by atoms with Crippen LogP contribution in [0.3, 0.4) is 0 Å². The normalized spacial score (nSPS) is 33.5. The molecule has 0 bridgehead atoms. The average molecular weight is 673 g/mol. The Balaban J connectivity index is 1.61. The maximum atomic E-state index is 13.4. The van der Waals surface area contributed by atoms with Crippen LogP contribution in [-0.4, -0.2) is 134 Å². The van der Waals surface area contributed by atoms with Crippen molar-refractivity contribution in [3.63, 3.8) is 0 Å². The number of hydrogen-bond donors (Lipinski definition) is 7. The summed E-state index contributed by atoms with van der Waals surface area (Å²) in [6.45, 7) is -1.59. The fourth-order valence-electron chi connectivity index (χ4n) is 5.17. The van der Waals surface area contributed by atoms with E-state index in [1.54, 1.807) is 0 Å². The summed E-state index contributed by atoms with van der Waals surface area (Å²) in [6.07, 6.45) is -15.6. The zero-order valence-electron chi connectivity index (χ0n) is 24.0. The van der Waals surface area contributed by atoms with Crippen molar-refractivity contribution in [2.24, 2.45) is 0 Å². The zero-order chi connectivity index (χ0) is 32.7. The zero-order valence-corrected chi connectivity index (χ0v) is 25.6. The molecule has 2 aromatic carbocycles. The molecule has 0 radical (unpaired) electrons. The third-order valence-corrected chi connectivity index (χ3v) is 8.46. The fraction of sp³-hybridized carbons (Fsp3) is 0.533. The molecule has 2 fully saturated rings. The van der Waals surface area contributed by atoms with Crippen LogP contribution in [0.4, 0.5) is 0 Å². The summed E-state index contributed by atoms with van der Waals surface area (Å²) >= 11 is 11.4. The molecule has 2 unspecified atom stereocenters. The van der Waals surface area contributed by atoms with Gasteiger partial charge in [0.05, 0.1) is 32.0 Å². The first-order chi connectivity index (χ1) is 21.5. The van der Waals surface area contributed by atoms with Crippen LogP contribution in [0.5, 0.6) is 0 Å². The number of aliphatic hydroxyl groups excluding tert-OH is 7. The van der Waals surface area contributed by atoms with Crippen LogP contribution in [0.15, 0.2) is 54.6 Å². The molecule has 45 heavy (non-hydrogen) atoms. The van der Waals surface area contributed by atoms with E-state index in [9.17, 15) is 40.5 Å². The Morgan fingerprint density at radius 3 is 2.11 bits per heavy atom. The number of halogens is 1. The van der Waals surface area contributed by atoms with Crippen molar-refractivity contribution >= 4 is 34.7 Å². The van der Waals surface area contributed by atoms with E-state index in [4.69, 9.17) is 47.5 Å². The van der Waals surface area contributed by atoms with E-state index in [0.29, 0.717) is 16.3 Å². The minimum Gasteiger partial charge on any atom is -0.447 e. The number of hydrogen-bond acceptors (Lipinski definition) is 14. The second-order valence-electron chi connectivity index (χ2n) is 10.7. The SMILES string of the molecule is O=C(O[C@@]1(CCOCCC(=S)c2ccccc2)C(O)O[C@H](CO)[C@H](O)[C@@H]1OC1O[C@H](CO)[C@H](O)[C@H](O)[C@H]1O)c1ccc(Cl)cc1. The third kappa shape index (κ3) is 8.23. The average Bonchev–Trinajstić information content (AvgIpc) is 3.04. The predicted molar refractivity (Wildman–Crippen MR) is 160 cm³/mol. The molecule has 2 aliphatic rings. The van der Waals surface area contributed by atoms with Gasteiger partial charge >= 0.3 is 5.97 Å². The Hall–Kier alpha value is -2.15. The number of esters is 1. The highest BCUT2D eigenvalue weighted by atomic mass is 35.5. The molecule has 0 saturated carbocycles. The maximum absolute atomic E-state index is 13.4. The van der Waals surface area contributed by atoms with Gasteiger partial charge in [0.15, 0.2) is 18.2 Å². The van der Waals surface area contributed by atoms with Gasteiger partial charge in [-0.05, 0) is 29.8 Å². The van der Waals surface area contributed by atoms with Crippen LogP contribution in [-0.2, 0) is 23.7 Å². The molecule has 0 amide bonds. The fourth-order valence-corrected chi connectivity index (χ4v) is 5.51. The molecule has 248 valence electrons. The number of ether oxygens (including phenoxy) is 5. The first-order valence-corrected chi connectivity index (χ1v) is 15.0. The van der Waals surface area contributed by atoms with Gasteiger partial charge in [-0.3, -0.25) is 0 Å². The van der Waals surface area contributed by atoms with Crippen LogP contribution in [0.2, 0.25) is 5.02 Å². The lowest BCUT2D eigenvalue weighted by Gasteiger charge is -2.51. The topological polar surface area (TPSA) is 205 Å². The lowest BCUT2D eigenvalue weighted by atomic mass is 9.83. The number of aliphatic hydroxyl groups is 7. The third-order valence-electron chi connectivity index (χ3n) is 7.77. The highest BCUT2D eigenvalue weighted by Crippen LogP contribution is 2.40. The Kier molecular flexibility index (Phi) is 12.8. The summed E-state index contributed by atoms with van der Waals surface area (Å²) < 4.78 is 28.5. The van der Waals surface area contributed by atoms with Gasteiger partial charge in [0.1, 0.15) is 42.7 Å². The minimum atomic E-state index is -2.25. The Morgan fingerprint density at radius 1 is 0.822 bits per heavy atom. The van der Waals surface area contributed by atoms with E-state index in [1.807, 2.05) is 30.3 Å². The smallest absolute Gasteiger partial charge is 0.338 e. The maximum Gasteiger partial charge on any atom is 0.338 e. The molecule has 2 aliphatic heterocycles. The molecule has 10 atom stereocenters. The molecule has 2 saturated heterocycles. The molecule has 0 aliphatic carbocycles. The Morgan fingerprint density at radius 2 is 1.47 bits per heavy atom. The Bertz CT molecular complexity index is 1250. The van der Waals surface area contributed by atoms with Crippen molar-refractivity contribution in [3.05, 3.63) is 70.7 Å². The lowest BCUT2D eigenvalue weighted by molar-refractivity contribution is -0.380. The van der Waals surface area contributed by atoms with Crippen molar-refractivity contribution in [3.8, 4) is 0 Å². The highest BCUT2D eigenvalue weighted by molar-refractivity contribution is 7.80. The van der Waals surface area contributed by atoms with Gasteiger partial charge in [-0.2, -0.15) is 0 Å². The number of benzene rings is 2. The van der Waals surface area contributed by atoms with E-state index >= 15 is 0 Å². The molecule has 4 rings (SSSR count). The highest BCUT2D eigenvalue weighted by Gasteiger charge is 2.61. The van der Waals surface area contributed by atoms with Gasteiger partial charge in [0.2, 0.25) is 0 Å². The second-order valence-corrected chi connectivity index (χ2v) is 11.6. The van der Waals surface area contributed by atoms with Gasteiger partial charge in [-0.15, -0.1) is 0 Å². The first kappa shape index (κ1) is 35.7. The van der Waals surface area contributed by atoms with Gasteiger partial charge in [-0.25, -0.2) is 4.79 Å². The van der Waals surface area contributed by atoms with Crippen LogP contribution >= 0.6 is 23.8 Å². The van der Waals surface area contributed by atoms with Gasteiger partial charge in [0, 0.05) is 22.7 Å². The number of carbonyl (C=O) groups is 1. The van der Waals surface area contributed by atoms with Crippen molar-refractivity contribution in [2.45, 2.75) is 73.8 Å². The molecular weight excluding hydrogens is 636 g/mol. The predicted octanol–water partition coefficient (Wildman–Crippen LogP) is -0.294. The van der Waals surface area contributed by atoms with Gasteiger partial charge in [-0.1, -0.05) is 54.2 Å². The van der Waals surface area contributed by atoms with Crippen molar-refractivity contribution in [1.82, 2.24) is 0 Å². The first-order valence-electron chi connectivity index (χ1n) is 14.3. The summed E-state index contributed by atoms with van der Waals surface area (Å²) in [5, 5.41) is 73.6. The molecule has 2 aromatic rings. The summed E-state index contributed by atoms with van der Waals surface area (Å²) in [5.74, 6) is -0.975. The van der Waals surface area contributed by atoms with E-state index in [0.717, 1.165) is 5.56 Å². The molecule has 15 heteroatoms. The second kappa shape index (κ2) is 16.1. The molecule has 2 heterocycles. The van der Waals surface area contributed by atoms with Crippen molar-refractivity contribution < 1.29 is 64.2 Å². The summed E-state index contributed by atoms with van der Waals surface area (Å²) in [6, 6.07) is 14.9. The van der Waals surface area contributed by atoms with Crippen molar-refractivity contribution in [2.75, 3.05) is 26.4 Å². The molecular formula is C30H37ClO13S. The van der Waals surface area contributed by atoms with Crippen LogP contribution in [0, 0.1) is 0 Å². The number of rotatable bonds is 13. The van der Waals surface area contributed by atoms with E-state index in [2.05, 4.69) is 0 Å².